The van der Waals surface area contributed by atoms with Crippen LogP contribution in [-0.2, 0) is 19.6 Å². The summed E-state index contributed by atoms with van der Waals surface area (Å²) in [5.41, 5.74) is 0.347. The summed E-state index contributed by atoms with van der Waals surface area (Å²) in [4.78, 5) is 24.4. The van der Waals surface area contributed by atoms with Crippen molar-refractivity contribution in [1.82, 2.24) is 9.62 Å². The molecular weight excluding hydrogens is 454 g/mol. The summed E-state index contributed by atoms with van der Waals surface area (Å²) in [6, 6.07) is 2.92. The largest absolute Gasteiger partial charge is 0.482 e. The number of nitrogens with zero attached hydrogens (tertiary/aromatic N) is 1. The summed E-state index contributed by atoms with van der Waals surface area (Å²) in [7, 11) is -3.92. The molecule has 0 bridgehead atoms. The highest BCUT2D eigenvalue weighted by Gasteiger charge is 2.36. The van der Waals surface area contributed by atoms with Crippen molar-refractivity contribution in [2.75, 3.05) is 25.0 Å². The lowest BCUT2D eigenvalue weighted by Crippen LogP contribution is -2.47. The quantitative estimate of drug-likeness (QED) is 0.683. The van der Waals surface area contributed by atoms with E-state index in [1.165, 1.54) is 35.7 Å². The van der Waals surface area contributed by atoms with Gasteiger partial charge in [0.15, 0.2) is 6.61 Å². The zero-order chi connectivity index (χ0) is 22.7. The smallest absolute Gasteiger partial charge is 0.262 e. The van der Waals surface area contributed by atoms with Crippen LogP contribution in [0.1, 0.15) is 57.8 Å². The number of fused-ring (bicyclic) bond motifs is 1. The molecule has 1 saturated heterocycles. The van der Waals surface area contributed by atoms with Crippen LogP contribution in [0.5, 0.6) is 5.75 Å². The maximum atomic E-state index is 13.4. The molecule has 2 amide bonds. The van der Waals surface area contributed by atoms with Crippen molar-refractivity contribution in [1.29, 1.82) is 0 Å². The predicted molar refractivity (Wildman–Crippen MR) is 121 cm³/mol. The number of ether oxygens (including phenoxy) is 1. The van der Waals surface area contributed by atoms with Crippen LogP contribution in [0.3, 0.4) is 0 Å². The van der Waals surface area contributed by atoms with E-state index in [9.17, 15) is 18.0 Å². The molecular formula is C22H30ClN3O5S. The monoisotopic (exact) mass is 483 g/mol. The highest BCUT2D eigenvalue weighted by atomic mass is 35.5. The fourth-order valence-electron chi connectivity index (χ4n) is 4.71. The Morgan fingerprint density at radius 3 is 2.56 bits per heavy atom. The number of amides is 2. The number of benzene rings is 1. The first kappa shape index (κ1) is 23.3. The van der Waals surface area contributed by atoms with E-state index in [-0.39, 0.29) is 52.6 Å². The van der Waals surface area contributed by atoms with Crippen LogP contribution >= 0.6 is 11.6 Å². The molecule has 176 valence electrons. The average Bonchev–Trinajstić information content (AvgIpc) is 2.75. The number of anilines is 1. The average molecular weight is 484 g/mol. The van der Waals surface area contributed by atoms with Gasteiger partial charge in [0.25, 0.3) is 5.91 Å². The summed E-state index contributed by atoms with van der Waals surface area (Å²) in [6.45, 7) is 0.285. The minimum absolute atomic E-state index is 0.00986. The molecule has 0 unspecified atom stereocenters. The molecule has 2 N–H and O–H groups in total. The van der Waals surface area contributed by atoms with E-state index in [0.29, 0.717) is 25.1 Å². The van der Waals surface area contributed by atoms with Crippen LogP contribution in [0.4, 0.5) is 5.69 Å². The van der Waals surface area contributed by atoms with Crippen molar-refractivity contribution >= 4 is 39.1 Å². The van der Waals surface area contributed by atoms with Crippen LogP contribution in [0.15, 0.2) is 17.0 Å². The molecule has 10 heteroatoms. The molecule has 1 aromatic carbocycles. The Hall–Kier alpha value is -1.84. The second-order valence-electron chi connectivity index (χ2n) is 8.87. The molecule has 0 aromatic heterocycles. The van der Waals surface area contributed by atoms with Crippen molar-refractivity contribution < 1.29 is 22.7 Å². The summed E-state index contributed by atoms with van der Waals surface area (Å²) in [5, 5.41) is 5.81. The Labute approximate surface area is 194 Å². The van der Waals surface area contributed by atoms with Crippen molar-refractivity contribution in [3.05, 3.63) is 17.2 Å². The molecule has 1 aromatic rings. The number of carbonyl (C=O) groups is 2. The number of hydrogen-bond acceptors (Lipinski definition) is 5. The Balaban J connectivity index is 1.46. The van der Waals surface area contributed by atoms with E-state index in [1.54, 1.807) is 0 Å². The number of hydrogen-bond donors (Lipinski definition) is 2. The molecule has 2 heterocycles. The van der Waals surface area contributed by atoms with Gasteiger partial charge >= 0.3 is 0 Å². The Bertz CT molecular complexity index is 976. The fraction of sp³-hybridized carbons (Fsp3) is 0.636. The highest BCUT2D eigenvalue weighted by Crippen LogP contribution is 2.37. The van der Waals surface area contributed by atoms with Crippen LogP contribution in [0.2, 0.25) is 5.02 Å². The van der Waals surface area contributed by atoms with Gasteiger partial charge in [-0.2, -0.15) is 4.31 Å². The fourth-order valence-corrected chi connectivity index (χ4v) is 6.75. The minimum Gasteiger partial charge on any atom is -0.482 e. The highest BCUT2D eigenvalue weighted by molar-refractivity contribution is 7.89. The maximum Gasteiger partial charge on any atom is 0.262 e. The zero-order valence-corrected chi connectivity index (χ0v) is 19.6. The Morgan fingerprint density at radius 2 is 1.81 bits per heavy atom. The van der Waals surface area contributed by atoms with Crippen molar-refractivity contribution in [2.24, 2.45) is 5.92 Å². The molecule has 1 saturated carbocycles. The summed E-state index contributed by atoms with van der Waals surface area (Å²) < 4.78 is 33.4. The SMILES string of the molecule is O=C1COc2cc(S(=O)(=O)N3CCC[C@@H](C(=O)NC4CCCCCCC4)C3)c(Cl)cc2N1. The minimum atomic E-state index is -3.92. The van der Waals surface area contributed by atoms with Gasteiger partial charge in [0.2, 0.25) is 15.9 Å². The molecule has 2 fully saturated rings. The number of piperidine rings is 1. The molecule has 0 radical (unpaired) electrons. The number of sulfonamides is 1. The first-order valence-corrected chi connectivity index (χ1v) is 13.2. The first-order valence-electron chi connectivity index (χ1n) is 11.4. The van der Waals surface area contributed by atoms with Gasteiger partial charge in [-0.25, -0.2) is 8.42 Å². The number of rotatable bonds is 4. The number of nitrogens with one attached hydrogen (secondary N) is 2. The van der Waals surface area contributed by atoms with Gasteiger partial charge in [0.05, 0.1) is 16.6 Å². The summed E-state index contributed by atoms with van der Waals surface area (Å²) in [6.07, 6.45) is 9.16. The Morgan fingerprint density at radius 1 is 1.09 bits per heavy atom. The van der Waals surface area contributed by atoms with Gasteiger partial charge in [-0.1, -0.05) is 43.7 Å². The summed E-state index contributed by atoms with van der Waals surface area (Å²) >= 11 is 6.28. The molecule has 4 rings (SSSR count). The van der Waals surface area contributed by atoms with E-state index >= 15 is 0 Å². The van der Waals surface area contributed by atoms with Crippen molar-refractivity contribution in [3.8, 4) is 5.75 Å². The molecule has 3 aliphatic rings. The lowest BCUT2D eigenvalue weighted by molar-refractivity contribution is -0.127. The predicted octanol–water partition coefficient (Wildman–Crippen LogP) is 3.30. The van der Waals surface area contributed by atoms with E-state index < -0.39 is 10.0 Å². The van der Waals surface area contributed by atoms with Crippen LogP contribution < -0.4 is 15.4 Å². The van der Waals surface area contributed by atoms with E-state index in [1.807, 2.05) is 0 Å². The summed E-state index contributed by atoms with van der Waals surface area (Å²) in [5.74, 6) is -0.490. The maximum absolute atomic E-state index is 13.4. The van der Waals surface area contributed by atoms with Gasteiger partial charge in [0, 0.05) is 25.2 Å². The standard InChI is InChI=1S/C22H30ClN3O5S/c23-17-11-18-19(31-14-21(27)25-18)12-20(17)32(29,30)26-10-6-7-15(13-26)22(28)24-16-8-4-2-1-3-5-9-16/h11-12,15-16H,1-10,13-14H2,(H,24,28)(H,25,27)/t15-/m1/s1. The second kappa shape index (κ2) is 9.97. The molecule has 2 aliphatic heterocycles. The van der Waals surface area contributed by atoms with Gasteiger partial charge in [-0.15, -0.1) is 0 Å². The van der Waals surface area contributed by atoms with Gasteiger partial charge < -0.3 is 15.4 Å². The topological polar surface area (TPSA) is 105 Å². The van der Waals surface area contributed by atoms with Crippen LogP contribution in [0, 0.1) is 5.92 Å². The third-order valence-electron chi connectivity index (χ3n) is 6.49. The Kier molecular flexibility index (Phi) is 7.27. The normalized spacial score (nSPS) is 23.3. The van der Waals surface area contributed by atoms with Gasteiger partial charge in [0.1, 0.15) is 10.6 Å². The molecule has 1 aliphatic carbocycles. The van der Waals surface area contributed by atoms with Crippen molar-refractivity contribution in [3.63, 3.8) is 0 Å². The molecule has 1 atom stereocenters. The third kappa shape index (κ3) is 5.21. The number of halogens is 1. The van der Waals surface area contributed by atoms with E-state index in [2.05, 4.69) is 10.6 Å². The second-order valence-corrected chi connectivity index (χ2v) is 11.2. The van der Waals surface area contributed by atoms with E-state index in [4.69, 9.17) is 16.3 Å². The van der Waals surface area contributed by atoms with Crippen LogP contribution in [0.25, 0.3) is 0 Å². The number of carbonyl (C=O) groups excluding carboxylic acids is 2. The van der Waals surface area contributed by atoms with Gasteiger partial charge in [-0.05, 0) is 31.7 Å². The molecule has 32 heavy (non-hydrogen) atoms. The first-order chi connectivity index (χ1) is 15.3. The molecule has 8 nitrogen and oxygen atoms in total. The van der Waals surface area contributed by atoms with Gasteiger partial charge in [-0.3, -0.25) is 9.59 Å². The lowest BCUT2D eigenvalue weighted by Gasteiger charge is -2.33. The lowest BCUT2D eigenvalue weighted by atomic mass is 9.94. The third-order valence-corrected chi connectivity index (χ3v) is 8.82. The molecule has 0 spiro atoms. The van der Waals surface area contributed by atoms with Crippen LogP contribution in [-0.4, -0.2) is 50.3 Å². The van der Waals surface area contributed by atoms with Crippen molar-refractivity contribution in [2.45, 2.75) is 68.7 Å². The zero-order valence-electron chi connectivity index (χ0n) is 18.1. The van der Waals surface area contributed by atoms with E-state index in [0.717, 1.165) is 25.7 Å².